The van der Waals surface area contributed by atoms with Crippen molar-refractivity contribution in [3.8, 4) is 0 Å². The van der Waals surface area contributed by atoms with Crippen LogP contribution in [0.25, 0.3) is 0 Å². The first-order valence-corrected chi connectivity index (χ1v) is 6.34. The maximum Gasteiger partial charge on any atom is 0.323 e. The minimum atomic E-state index is -2.74. The van der Waals surface area contributed by atoms with Crippen LogP contribution >= 0.6 is 30.3 Å². The molecule has 0 aliphatic carbocycles. The van der Waals surface area contributed by atoms with Gasteiger partial charge in [-0.3, -0.25) is 10.1 Å². The Morgan fingerprint density at radius 1 is 1.64 bits per heavy atom. The normalized spacial score (nSPS) is 14.1. The van der Waals surface area contributed by atoms with Crippen molar-refractivity contribution in [3.05, 3.63) is 0 Å². The van der Waals surface area contributed by atoms with Crippen molar-refractivity contribution in [1.29, 1.82) is 0 Å². The lowest BCUT2D eigenvalue weighted by Gasteiger charge is -2.02. The summed E-state index contributed by atoms with van der Waals surface area (Å²) in [5.41, 5.74) is 14.3. The largest absolute Gasteiger partial charge is 0.377 e. The van der Waals surface area contributed by atoms with Gasteiger partial charge in [-0.05, 0) is 18.5 Å². The fraction of sp³-hybridized carbons (Fsp3) is 0.667. The molecular weight excluding hydrogens is 205 g/mol. The molecule has 0 spiro atoms. The molecule has 1 unspecified atom stereocenters. The molecule has 0 rings (SSSR count). The Morgan fingerprint density at radius 3 is 1.91 bits per heavy atom. The molecule has 0 fully saturated rings. The summed E-state index contributed by atoms with van der Waals surface area (Å²) < 4.78 is 14.9. The monoisotopic (exact) mass is 217 g/mol. The minimum absolute atomic E-state index is 0.000000000000000222. The van der Waals surface area contributed by atoms with Crippen LogP contribution in [0.3, 0.4) is 0 Å². The standard InChI is InChI=1S/C2H8NO2PS.CH4N2S/c1-5-6(3,4)7-2;2-1(3)4/h1-2H3,(H2,3,4);(H4,2,3,4). The fourth-order valence-corrected chi connectivity index (χ4v) is 0.671. The second-order valence-corrected chi connectivity index (χ2v) is 6.21. The van der Waals surface area contributed by atoms with Crippen LogP contribution in [0.4, 0.5) is 0 Å². The van der Waals surface area contributed by atoms with Crippen LogP contribution in [-0.4, -0.2) is 18.5 Å². The number of hydrogen-bond donors (Lipinski definition) is 3. The van der Waals surface area contributed by atoms with E-state index >= 15 is 0 Å². The Bertz CT molecular complexity index is 153. The van der Waals surface area contributed by atoms with Gasteiger partial charge < -0.3 is 16.0 Å². The molecule has 11 heavy (non-hydrogen) atoms. The lowest BCUT2D eigenvalue weighted by atomic mass is 11.3. The predicted octanol–water partition coefficient (Wildman–Crippen LogP) is 0.251. The Kier molecular flexibility index (Phi) is 8.60. The number of nitrogens with two attached hydrogens (primary N) is 3. The van der Waals surface area contributed by atoms with Crippen LogP contribution in [0, 0.1) is 0 Å². The SMILES string of the molecule is COP(N)(=O)SC.NC(N)=S. The first-order chi connectivity index (χ1) is 4.85. The molecule has 68 valence electrons. The first kappa shape index (κ1) is 13.8. The van der Waals surface area contributed by atoms with E-state index in [9.17, 15) is 4.57 Å². The van der Waals surface area contributed by atoms with Gasteiger partial charge in [0, 0.05) is 7.11 Å². The molecule has 0 aromatic rings. The zero-order chi connectivity index (χ0) is 9.49. The van der Waals surface area contributed by atoms with E-state index in [0.29, 0.717) is 0 Å². The third-order valence-corrected chi connectivity index (χ3v) is 3.50. The predicted molar refractivity (Wildman–Crippen MR) is 53.3 cm³/mol. The van der Waals surface area contributed by atoms with E-state index in [2.05, 4.69) is 28.2 Å². The van der Waals surface area contributed by atoms with E-state index in [4.69, 9.17) is 5.50 Å². The fourth-order valence-electron chi connectivity index (χ4n) is 0.0745. The number of rotatable bonds is 2. The third-order valence-electron chi connectivity index (χ3n) is 0.509. The molecule has 0 aliphatic heterocycles. The molecule has 6 N–H and O–H groups in total. The van der Waals surface area contributed by atoms with Gasteiger partial charge in [0.25, 0.3) is 0 Å². The van der Waals surface area contributed by atoms with Crippen LogP contribution < -0.4 is 17.0 Å². The van der Waals surface area contributed by atoms with Crippen LogP contribution in [0.2, 0.25) is 0 Å². The van der Waals surface area contributed by atoms with Gasteiger partial charge in [-0.25, -0.2) is 0 Å². The van der Waals surface area contributed by atoms with Crippen LogP contribution in [-0.2, 0) is 9.09 Å². The molecule has 0 radical (unpaired) electrons. The van der Waals surface area contributed by atoms with Crippen molar-refractivity contribution in [2.75, 3.05) is 13.4 Å². The Balaban J connectivity index is 0. The smallest absolute Gasteiger partial charge is 0.323 e. The van der Waals surface area contributed by atoms with Crippen molar-refractivity contribution in [2.45, 2.75) is 0 Å². The summed E-state index contributed by atoms with van der Waals surface area (Å²) in [6.45, 7) is -2.74. The molecule has 8 heteroatoms. The summed E-state index contributed by atoms with van der Waals surface area (Å²) in [6, 6.07) is 0. The Hall–Kier alpha value is 0.190. The van der Waals surface area contributed by atoms with Crippen molar-refractivity contribution < 1.29 is 9.09 Å². The van der Waals surface area contributed by atoms with E-state index < -0.39 is 6.72 Å². The first-order valence-electron chi connectivity index (χ1n) is 2.40. The van der Waals surface area contributed by atoms with Crippen molar-refractivity contribution in [3.63, 3.8) is 0 Å². The summed E-state index contributed by atoms with van der Waals surface area (Å²) in [5, 5.41) is 0.000000000000000222. The Labute approximate surface area is 75.3 Å². The molecule has 1 atom stereocenters. The summed E-state index contributed by atoms with van der Waals surface area (Å²) in [4.78, 5) is 0. The van der Waals surface area contributed by atoms with Gasteiger partial charge in [0.1, 0.15) is 0 Å². The lowest BCUT2D eigenvalue weighted by molar-refractivity contribution is 0.410. The highest BCUT2D eigenvalue weighted by Crippen LogP contribution is 2.48. The van der Waals surface area contributed by atoms with Crippen molar-refractivity contribution >= 4 is 35.4 Å². The zero-order valence-corrected chi connectivity index (χ0v) is 8.84. The molecule has 0 bridgehead atoms. The third kappa shape index (κ3) is 17.8. The van der Waals surface area contributed by atoms with Gasteiger partial charge in [-0.15, -0.1) is 0 Å². The highest BCUT2D eigenvalue weighted by Gasteiger charge is 2.09. The second-order valence-electron chi connectivity index (χ2n) is 1.31. The summed E-state index contributed by atoms with van der Waals surface area (Å²) in [6.07, 6.45) is 1.64. The molecule has 0 saturated carbocycles. The average Bonchev–Trinajstić information content (AvgIpc) is 1.87. The molecule has 0 heterocycles. The molecule has 0 aliphatic rings. The van der Waals surface area contributed by atoms with Crippen LogP contribution in [0.5, 0.6) is 0 Å². The van der Waals surface area contributed by atoms with Gasteiger partial charge in [-0.2, -0.15) is 0 Å². The zero-order valence-electron chi connectivity index (χ0n) is 6.31. The molecule has 0 saturated heterocycles. The number of hydrogen-bond acceptors (Lipinski definition) is 4. The topological polar surface area (TPSA) is 104 Å². The van der Waals surface area contributed by atoms with Gasteiger partial charge in [0.05, 0.1) is 0 Å². The van der Waals surface area contributed by atoms with Crippen molar-refractivity contribution in [1.82, 2.24) is 0 Å². The average molecular weight is 217 g/mol. The maximum absolute atomic E-state index is 10.5. The molecule has 0 aromatic heterocycles. The van der Waals surface area contributed by atoms with E-state index in [-0.39, 0.29) is 5.11 Å². The van der Waals surface area contributed by atoms with Gasteiger partial charge in [0.2, 0.25) is 0 Å². The molecular formula is C3H12N3O2PS2. The van der Waals surface area contributed by atoms with Gasteiger partial charge in [-0.1, -0.05) is 11.4 Å². The maximum atomic E-state index is 10.5. The number of thiocarbonyl (C=S) groups is 1. The van der Waals surface area contributed by atoms with Crippen LogP contribution in [0.1, 0.15) is 0 Å². The molecule has 0 aromatic carbocycles. The van der Waals surface area contributed by atoms with E-state index in [1.54, 1.807) is 6.26 Å². The van der Waals surface area contributed by atoms with E-state index in [1.807, 2.05) is 0 Å². The molecule has 0 amide bonds. The lowest BCUT2D eigenvalue weighted by Crippen LogP contribution is -2.18. The van der Waals surface area contributed by atoms with Crippen LogP contribution in [0.15, 0.2) is 0 Å². The van der Waals surface area contributed by atoms with Crippen molar-refractivity contribution in [2.24, 2.45) is 17.0 Å². The van der Waals surface area contributed by atoms with E-state index in [1.165, 1.54) is 7.11 Å². The minimum Gasteiger partial charge on any atom is -0.377 e. The Morgan fingerprint density at radius 2 is 1.91 bits per heavy atom. The van der Waals surface area contributed by atoms with Gasteiger partial charge >= 0.3 is 6.72 Å². The molecule has 5 nitrogen and oxygen atoms in total. The quantitative estimate of drug-likeness (QED) is 0.450. The summed E-state index contributed by atoms with van der Waals surface area (Å²) >= 11 is 5.13. The highest BCUT2D eigenvalue weighted by molar-refractivity contribution is 8.55. The second kappa shape index (κ2) is 6.87. The van der Waals surface area contributed by atoms with Gasteiger partial charge in [0.15, 0.2) is 5.11 Å². The van der Waals surface area contributed by atoms with E-state index in [0.717, 1.165) is 11.4 Å². The summed E-state index contributed by atoms with van der Waals surface area (Å²) in [5.74, 6) is 0. The highest BCUT2D eigenvalue weighted by atomic mass is 32.7. The summed E-state index contributed by atoms with van der Waals surface area (Å²) in [7, 11) is 1.33.